The molecule has 0 aliphatic rings. The number of methoxy groups -OCH3 is 1. The number of rotatable bonds is 11. The second kappa shape index (κ2) is 14.5. The predicted molar refractivity (Wildman–Crippen MR) is 95.5 cm³/mol. The zero-order chi connectivity index (χ0) is 18.3. The molecule has 138 valence electrons. The Morgan fingerprint density at radius 2 is 1.48 bits per heavy atom. The number of esters is 1. The fraction of sp³-hybridized carbons (Fsp3) is 0.895. The minimum Gasteiger partial charge on any atom is -0.481 e. The Hall–Kier alpha value is -1.06. The molecular formula is C19H38O4. The molecule has 4 heteroatoms. The maximum absolute atomic E-state index is 10.8. The number of hydrogen-bond donors (Lipinski definition) is 1. The van der Waals surface area contributed by atoms with E-state index in [1.54, 1.807) is 0 Å². The Morgan fingerprint density at radius 3 is 1.83 bits per heavy atom. The van der Waals surface area contributed by atoms with Crippen molar-refractivity contribution in [2.75, 3.05) is 7.11 Å². The van der Waals surface area contributed by atoms with Crippen molar-refractivity contribution in [3.05, 3.63) is 0 Å². The predicted octanol–water partition coefficient (Wildman–Crippen LogP) is 5.44. The van der Waals surface area contributed by atoms with Gasteiger partial charge in [0.25, 0.3) is 0 Å². The van der Waals surface area contributed by atoms with Crippen molar-refractivity contribution in [3.63, 3.8) is 0 Å². The Morgan fingerprint density at radius 1 is 1.00 bits per heavy atom. The molecule has 0 heterocycles. The maximum Gasteiger partial charge on any atom is 0.309 e. The number of carbonyl (C=O) groups excluding carboxylic acids is 1. The van der Waals surface area contributed by atoms with Gasteiger partial charge in [0.2, 0.25) is 0 Å². The van der Waals surface area contributed by atoms with Crippen LogP contribution in [0.3, 0.4) is 0 Å². The molecule has 0 aliphatic carbocycles. The highest BCUT2D eigenvalue weighted by Gasteiger charge is 2.25. The Bertz CT molecular complexity index is 310. The van der Waals surface area contributed by atoms with Crippen LogP contribution in [0.25, 0.3) is 0 Å². The smallest absolute Gasteiger partial charge is 0.309 e. The molecule has 0 rings (SSSR count). The highest BCUT2D eigenvalue weighted by Crippen LogP contribution is 2.24. The van der Waals surface area contributed by atoms with Crippen LogP contribution in [-0.2, 0) is 14.3 Å². The van der Waals surface area contributed by atoms with Crippen LogP contribution in [0.2, 0.25) is 0 Å². The molecular weight excluding hydrogens is 292 g/mol. The summed E-state index contributed by atoms with van der Waals surface area (Å²) in [6.45, 7) is 9.65. The van der Waals surface area contributed by atoms with E-state index in [0.29, 0.717) is 0 Å². The molecule has 0 bridgehead atoms. The molecule has 0 fully saturated rings. The molecule has 1 unspecified atom stereocenters. The van der Waals surface area contributed by atoms with E-state index in [9.17, 15) is 9.59 Å². The highest BCUT2D eigenvalue weighted by molar-refractivity contribution is 5.73. The van der Waals surface area contributed by atoms with E-state index < -0.39 is 11.4 Å². The number of hydrogen-bond acceptors (Lipinski definition) is 3. The van der Waals surface area contributed by atoms with Gasteiger partial charge in [-0.2, -0.15) is 0 Å². The number of carboxylic acid groups (broad SMARTS) is 1. The fourth-order valence-electron chi connectivity index (χ4n) is 2.00. The molecule has 0 spiro atoms. The average molecular weight is 331 g/mol. The Labute approximate surface area is 143 Å². The average Bonchev–Trinajstić information content (AvgIpc) is 2.52. The van der Waals surface area contributed by atoms with Crippen LogP contribution in [0.4, 0.5) is 0 Å². The third-order valence-electron chi connectivity index (χ3n) is 4.20. The van der Waals surface area contributed by atoms with Crippen molar-refractivity contribution in [1.29, 1.82) is 0 Å². The summed E-state index contributed by atoms with van der Waals surface area (Å²) in [5.74, 6) is -0.735. The van der Waals surface area contributed by atoms with Crippen molar-refractivity contribution in [2.24, 2.45) is 11.3 Å². The number of carbonyl (C=O) groups is 2. The zero-order valence-electron chi connectivity index (χ0n) is 16.1. The van der Waals surface area contributed by atoms with Gasteiger partial charge in [0.1, 0.15) is 0 Å². The van der Waals surface area contributed by atoms with Gasteiger partial charge in [0.15, 0.2) is 0 Å². The SMILES string of the molecule is CCC(C)C(=O)OC.CCCCCCCCCC(C)(C)C(=O)O. The quantitative estimate of drug-likeness (QED) is 0.404. The van der Waals surface area contributed by atoms with Gasteiger partial charge < -0.3 is 9.84 Å². The lowest BCUT2D eigenvalue weighted by Gasteiger charge is -2.18. The minimum atomic E-state index is -0.673. The van der Waals surface area contributed by atoms with Crippen molar-refractivity contribution in [3.8, 4) is 0 Å². The van der Waals surface area contributed by atoms with Crippen LogP contribution in [0.1, 0.15) is 92.4 Å². The first-order chi connectivity index (χ1) is 10.7. The number of aliphatic carboxylic acids is 1. The highest BCUT2D eigenvalue weighted by atomic mass is 16.5. The van der Waals surface area contributed by atoms with Gasteiger partial charge in [-0.1, -0.05) is 65.7 Å². The summed E-state index contributed by atoms with van der Waals surface area (Å²) in [7, 11) is 1.41. The van der Waals surface area contributed by atoms with E-state index >= 15 is 0 Å². The van der Waals surface area contributed by atoms with E-state index in [1.165, 1.54) is 45.6 Å². The summed E-state index contributed by atoms with van der Waals surface area (Å²) < 4.78 is 4.46. The third kappa shape index (κ3) is 14.3. The molecule has 1 N–H and O–H groups in total. The molecule has 0 aromatic heterocycles. The van der Waals surface area contributed by atoms with Crippen molar-refractivity contribution >= 4 is 11.9 Å². The standard InChI is InChI=1S/C13H26O2.C6H12O2/c1-4-5-6-7-8-9-10-11-13(2,3)12(14)15;1-4-5(2)6(7)8-3/h4-11H2,1-3H3,(H,14,15);5H,4H2,1-3H3. The van der Waals surface area contributed by atoms with Gasteiger partial charge in [0.05, 0.1) is 18.4 Å². The van der Waals surface area contributed by atoms with Gasteiger partial charge in [-0.25, -0.2) is 0 Å². The monoisotopic (exact) mass is 330 g/mol. The largest absolute Gasteiger partial charge is 0.481 e. The fourth-order valence-corrected chi connectivity index (χ4v) is 2.00. The summed E-state index contributed by atoms with van der Waals surface area (Å²) in [6, 6.07) is 0. The molecule has 0 aromatic rings. The van der Waals surface area contributed by atoms with Crippen molar-refractivity contribution < 1.29 is 19.4 Å². The van der Waals surface area contributed by atoms with E-state index in [-0.39, 0.29) is 11.9 Å². The number of carboxylic acids is 1. The first-order valence-electron chi connectivity index (χ1n) is 9.04. The van der Waals surface area contributed by atoms with Crippen LogP contribution in [-0.4, -0.2) is 24.2 Å². The lowest BCUT2D eigenvalue weighted by atomic mass is 9.87. The second-order valence-electron chi connectivity index (χ2n) is 6.89. The van der Waals surface area contributed by atoms with Gasteiger partial charge in [-0.05, 0) is 26.7 Å². The van der Waals surface area contributed by atoms with E-state index in [2.05, 4.69) is 11.7 Å². The van der Waals surface area contributed by atoms with Crippen LogP contribution in [0.15, 0.2) is 0 Å². The maximum atomic E-state index is 10.8. The van der Waals surface area contributed by atoms with Crippen LogP contribution in [0.5, 0.6) is 0 Å². The van der Waals surface area contributed by atoms with E-state index in [4.69, 9.17) is 5.11 Å². The molecule has 0 aliphatic heterocycles. The Balaban J connectivity index is 0. The second-order valence-corrected chi connectivity index (χ2v) is 6.89. The van der Waals surface area contributed by atoms with Gasteiger partial charge in [-0.15, -0.1) is 0 Å². The summed E-state index contributed by atoms with van der Waals surface area (Å²) in [6.07, 6.45) is 10.4. The molecule has 0 radical (unpaired) electrons. The molecule has 0 saturated heterocycles. The number of unbranched alkanes of at least 4 members (excludes halogenated alkanes) is 6. The van der Waals surface area contributed by atoms with Crippen LogP contribution < -0.4 is 0 Å². The van der Waals surface area contributed by atoms with Crippen LogP contribution >= 0.6 is 0 Å². The van der Waals surface area contributed by atoms with Gasteiger partial charge in [-0.3, -0.25) is 9.59 Å². The van der Waals surface area contributed by atoms with Crippen molar-refractivity contribution in [2.45, 2.75) is 92.4 Å². The summed E-state index contributed by atoms with van der Waals surface area (Å²) in [4.78, 5) is 21.3. The van der Waals surface area contributed by atoms with E-state index in [0.717, 1.165) is 19.3 Å². The minimum absolute atomic E-state index is 0.0556. The molecule has 4 nitrogen and oxygen atoms in total. The lowest BCUT2D eigenvalue weighted by molar-refractivity contribution is -0.147. The third-order valence-corrected chi connectivity index (χ3v) is 4.20. The number of ether oxygens (including phenoxy) is 1. The van der Waals surface area contributed by atoms with Crippen molar-refractivity contribution in [1.82, 2.24) is 0 Å². The first-order valence-corrected chi connectivity index (χ1v) is 9.04. The lowest BCUT2D eigenvalue weighted by Crippen LogP contribution is -2.23. The summed E-state index contributed by atoms with van der Waals surface area (Å²) in [5, 5.41) is 8.91. The van der Waals surface area contributed by atoms with Gasteiger partial charge >= 0.3 is 11.9 Å². The molecule has 0 aromatic carbocycles. The molecule has 0 amide bonds. The summed E-state index contributed by atoms with van der Waals surface area (Å²) in [5.41, 5.74) is -0.538. The molecule has 0 saturated carbocycles. The van der Waals surface area contributed by atoms with Crippen LogP contribution in [0, 0.1) is 11.3 Å². The Kier molecular flexibility index (Phi) is 15.3. The normalized spacial score (nSPS) is 12.1. The summed E-state index contributed by atoms with van der Waals surface area (Å²) >= 11 is 0. The first kappa shape index (κ1) is 24.2. The van der Waals surface area contributed by atoms with Gasteiger partial charge in [0, 0.05) is 0 Å². The molecule has 1 atom stereocenters. The topological polar surface area (TPSA) is 63.6 Å². The molecule has 23 heavy (non-hydrogen) atoms. The zero-order valence-corrected chi connectivity index (χ0v) is 16.1. The van der Waals surface area contributed by atoms with E-state index in [1.807, 2.05) is 27.7 Å².